The minimum Gasteiger partial charge on any atom is -0.289 e. The van der Waals surface area contributed by atoms with E-state index in [2.05, 4.69) is 6.58 Å². The fourth-order valence-corrected chi connectivity index (χ4v) is 2.54. The van der Waals surface area contributed by atoms with Gasteiger partial charge in [-0.2, -0.15) is 0 Å². The van der Waals surface area contributed by atoms with Crippen molar-refractivity contribution in [1.29, 1.82) is 0 Å². The Bertz CT molecular complexity index is 717. The molecular weight excluding hydrogens is 236 g/mol. The first kappa shape index (κ1) is 11.6. The molecule has 0 heterocycles. The molecule has 0 atom stereocenters. The van der Waals surface area contributed by atoms with Crippen LogP contribution >= 0.6 is 0 Å². The lowest BCUT2D eigenvalue weighted by Crippen LogP contribution is -2.22. The highest BCUT2D eigenvalue weighted by atomic mass is 16.1. The first-order valence-corrected chi connectivity index (χ1v) is 6.15. The Balaban J connectivity index is 0.00000147. The van der Waals surface area contributed by atoms with Crippen LogP contribution in [0.15, 0.2) is 55.1 Å². The smallest absolute Gasteiger partial charge is 0.194 e. The van der Waals surface area contributed by atoms with Gasteiger partial charge in [0.1, 0.15) is 0 Å². The molecule has 0 spiro atoms. The highest BCUT2D eigenvalue weighted by Crippen LogP contribution is 2.29. The number of carbonyl (C=O) groups is 2. The molecule has 0 amide bonds. The van der Waals surface area contributed by atoms with E-state index in [9.17, 15) is 9.59 Å². The molecule has 2 aromatic rings. The van der Waals surface area contributed by atoms with Gasteiger partial charge in [-0.1, -0.05) is 48.5 Å². The first-order chi connectivity index (χ1) is 9.24. The van der Waals surface area contributed by atoms with Crippen molar-refractivity contribution < 1.29 is 11.0 Å². The largest absolute Gasteiger partial charge is 0.289 e. The van der Waals surface area contributed by atoms with Crippen molar-refractivity contribution in [1.82, 2.24) is 0 Å². The summed E-state index contributed by atoms with van der Waals surface area (Å²) < 4.78 is 0. The molecule has 94 valence electrons. The number of allylic oxidation sites excluding steroid dienone is 1. The molecule has 0 radical (unpaired) electrons. The maximum atomic E-state index is 12.6. The van der Waals surface area contributed by atoms with Crippen LogP contribution in [0.1, 0.15) is 38.8 Å². The molecule has 0 unspecified atom stereocenters. The van der Waals surface area contributed by atoms with Gasteiger partial charge < -0.3 is 0 Å². The topological polar surface area (TPSA) is 34.1 Å². The van der Waals surface area contributed by atoms with E-state index in [1.807, 2.05) is 12.1 Å². The van der Waals surface area contributed by atoms with Gasteiger partial charge in [0.15, 0.2) is 11.6 Å². The fourth-order valence-electron chi connectivity index (χ4n) is 2.54. The second-order valence-electron chi connectivity index (χ2n) is 4.54. The molecule has 0 N–H and O–H groups in total. The second-order valence-corrected chi connectivity index (χ2v) is 4.54. The third-order valence-corrected chi connectivity index (χ3v) is 3.40. The van der Waals surface area contributed by atoms with Crippen molar-refractivity contribution in [3.05, 3.63) is 82.9 Å². The molecule has 0 saturated carbocycles. The van der Waals surface area contributed by atoms with Crippen LogP contribution in [0.2, 0.25) is 0 Å². The molecule has 19 heavy (non-hydrogen) atoms. The van der Waals surface area contributed by atoms with E-state index in [4.69, 9.17) is 0 Å². The lowest BCUT2D eigenvalue weighted by Gasteiger charge is -2.19. The number of carbonyl (C=O) groups excluding carboxylic acids is 2. The summed E-state index contributed by atoms with van der Waals surface area (Å²) in [6.45, 7) is 3.70. The summed E-state index contributed by atoms with van der Waals surface area (Å²) in [4.78, 5) is 25.0. The van der Waals surface area contributed by atoms with E-state index < -0.39 is 0 Å². The van der Waals surface area contributed by atoms with Gasteiger partial charge in [-0.3, -0.25) is 9.59 Å². The van der Waals surface area contributed by atoms with Gasteiger partial charge in [0.25, 0.3) is 0 Å². The summed E-state index contributed by atoms with van der Waals surface area (Å²) >= 11 is 0. The summed E-state index contributed by atoms with van der Waals surface area (Å²) in [7, 11) is 0. The normalized spacial score (nSPS) is 12.8. The summed E-state index contributed by atoms with van der Waals surface area (Å²) in [5, 5.41) is 0. The van der Waals surface area contributed by atoms with Crippen LogP contribution in [0.5, 0.6) is 0 Å². The van der Waals surface area contributed by atoms with Crippen molar-refractivity contribution >= 4 is 11.6 Å². The van der Waals surface area contributed by atoms with Gasteiger partial charge >= 0.3 is 0 Å². The van der Waals surface area contributed by atoms with Crippen LogP contribution in [-0.4, -0.2) is 11.6 Å². The Morgan fingerprint density at radius 1 is 0.895 bits per heavy atom. The molecule has 2 heteroatoms. The van der Waals surface area contributed by atoms with Crippen LogP contribution in [0.25, 0.3) is 0 Å². The van der Waals surface area contributed by atoms with Gasteiger partial charge in [-0.25, -0.2) is 0 Å². The van der Waals surface area contributed by atoms with E-state index >= 15 is 0 Å². The lowest BCUT2D eigenvalue weighted by molar-refractivity contribution is 0.0978. The molecule has 2 nitrogen and oxygen atoms in total. The third kappa shape index (κ3) is 1.65. The Labute approximate surface area is 112 Å². The lowest BCUT2D eigenvalue weighted by atomic mass is 9.81. The Kier molecular flexibility index (Phi) is 2.64. The van der Waals surface area contributed by atoms with E-state index in [-0.39, 0.29) is 13.0 Å². The monoisotopic (exact) mass is 250 g/mol. The molecule has 0 aliphatic heterocycles. The predicted octanol–water partition coefficient (Wildman–Crippen LogP) is 3.44. The molecule has 0 aromatic heterocycles. The average molecular weight is 250 g/mol. The Morgan fingerprint density at radius 3 is 2.21 bits per heavy atom. The maximum absolute atomic E-state index is 12.6. The molecule has 0 saturated heterocycles. The minimum atomic E-state index is -0.0730. The van der Waals surface area contributed by atoms with E-state index in [0.717, 1.165) is 5.56 Å². The van der Waals surface area contributed by atoms with Gasteiger partial charge in [-0.05, 0) is 12.0 Å². The number of benzene rings is 2. The molecule has 0 bridgehead atoms. The van der Waals surface area contributed by atoms with Crippen molar-refractivity contribution in [2.75, 3.05) is 0 Å². The molecule has 0 fully saturated rings. The van der Waals surface area contributed by atoms with Crippen molar-refractivity contribution in [2.45, 2.75) is 6.42 Å². The van der Waals surface area contributed by atoms with E-state index in [1.165, 1.54) is 0 Å². The quantitative estimate of drug-likeness (QED) is 0.653. The predicted molar refractivity (Wildman–Crippen MR) is 75.8 cm³/mol. The zero-order valence-electron chi connectivity index (χ0n) is 10.3. The number of hydrogen-bond acceptors (Lipinski definition) is 2. The van der Waals surface area contributed by atoms with E-state index in [0.29, 0.717) is 28.7 Å². The van der Waals surface area contributed by atoms with Crippen molar-refractivity contribution in [3.8, 4) is 0 Å². The van der Waals surface area contributed by atoms with Gasteiger partial charge in [-0.15, -0.1) is 6.58 Å². The van der Waals surface area contributed by atoms with Gasteiger partial charge in [0.05, 0.1) is 0 Å². The minimum absolute atomic E-state index is 0. The van der Waals surface area contributed by atoms with Crippen LogP contribution in [0, 0.1) is 0 Å². The number of hydrogen-bond donors (Lipinski definition) is 0. The summed E-state index contributed by atoms with van der Waals surface area (Å²) in [5.41, 5.74) is 2.89. The SMILES string of the molecule is C=CCc1cccc2c1C(=O)c1ccccc1C2=O.[HH]. The molecule has 2 aromatic carbocycles. The highest BCUT2D eigenvalue weighted by molar-refractivity contribution is 6.28. The van der Waals surface area contributed by atoms with Crippen molar-refractivity contribution in [3.63, 3.8) is 0 Å². The maximum Gasteiger partial charge on any atom is 0.194 e. The summed E-state index contributed by atoms with van der Waals surface area (Å²) in [6.07, 6.45) is 2.33. The van der Waals surface area contributed by atoms with E-state index in [1.54, 1.807) is 36.4 Å². The number of ketones is 2. The Hall–Kier alpha value is -2.48. The molecule has 1 aliphatic carbocycles. The van der Waals surface area contributed by atoms with Gasteiger partial charge in [0.2, 0.25) is 0 Å². The van der Waals surface area contributed by atoms with Crippen LogP contribution in [0.3, 0.4) is 0 Å². The first-order valence-electron chi connectivity index (χ1n) is 6.15. The van der Waals surface area contributed by atoms with Crippen LogP contribution in [0.4, 0.5) is 0 Å². The zero-order chi connectivity index (χ0) is 13.4. The third-order valence-electron chi connectivity index (χ3n) is 3.40. The Morgan fingerprint density at radius 2 is 1.53 bits per heavy atom. The number of rotatable bonds is 2. The average Bonchev–Trinajstić information content (AvgIpc) is 2.45. The van der Waals surface area contributed by atoms with Gasteiger partial charge in [0, 0.05) is 23.7 Å². The van der Waals surface area contributed by atoms with Crippen molar-refractivity contribution in [2.24, 2.45) is 0 Å². The summed E-state index contributed by atoms with van der Waals surface area (Å²) in [5.74, 6) is -0.140. The second kappa shape index (κ2) is 4.32. The van der Waals surface area contributed by atoms with Crippen LogP contribution in [-0.2, 0) is 6.42 Å². The number of fused-ring (bicyclic) bond motifs is 2. The fraction of sp³-hybridized carbons (Fsp3) is 0.0588. The zero-order valence-corrected chi connectivity index (χ0v) is 10.3. The highest BCUT2D eigenvalue weighted by Gasteiger charge is 2.30. The summed E-state index contributed by atoms with van der Waals surface area (Å²) in [6, 6.07) is 12.4. The molecular formula is C17H14O2. The standard InChI is InChI=1S/C17H12O2.H2/c1-2-6-11-7-5-10-14-15(11)17(19)13-9-4-3-8-12(13)16(14)18;/h2-5,7-10H,1,6H2;1H. The molecule has 3 rings (SSSR count). The molecule has 1 aliphatic rings. The van der Waals surface area contributed by atoms with Crippen LogP contribution < -0.4 is 0 Å².